The molecule has 0 aliphatic carbocycles. The molecule has 0 saturated heterocycles. The van der Waals surface area contributed by atoms with Crippen molar-refractivity contribution < 1.29 is 9.47 Å². The van der Waals surface area contributed by atoms with Gasteiger partial charge in [-0.15, -0.1) is 0 Å². The molecular weight excluding hydrogens is 154 g/mol. The van der Waals surface area contributed by atoms with Gasteiger partial charge in [0, 0.05) is 26.9 Å². The maximum absolute atomic E-state index is 5.61. The van der Waals surface area contributed by atoms with E-state index < -0.39 is 0 Å². The standard InChI is InChI=1S/C9H21NO2/c1-4-12-9(2,8-10)6-5-7-11-3/h4-8,10H2,1-3H3. The average molecular weight is 175 g/mol. The number of methoxy groups -OCH3 is 1. The Morgan fingerprint density at radius 3 is 2.50 bits per heavy atom. The summed E-state index contributed by atoms with van der Waals surface area (Å²) in [4.78, 5) is 0. The number of hydrogen-bond acceptors (Lipinski definition) is 3. The zero-order valence-electron chi connectivity index (χ0n) is 8.43. The van der Waals surface area contributed by atoms with Crippen molar-refractivity contribution in [3.8, 4) is 0 Å². The largest absolute Gasteiger partial charge is 0.385 e. The monoisotopic (exact) mass is 175 g/mol. The minimum atomic E-state index is -0.159. The second-order valence-electron chi connectivity index (χ2n) is 3.18. The van der Waals surface area contributed by atoms with Gasteiger partial charge in [-0.25, -0.2) is 0 Å². The second kappa shape index (κ2) is 6.40. The minimum Gasteiger partial charge on any atom is -0.385 e. The first-order valence-electron chi connectivity index (χ1n) is 4.51. The average Bonchev–Trinajstić information content (AvgIpc) is 2.06. The number of nitrogens with two attached hydrogens (primary N) is 1. The van der Waals surface area contributed by atoms with Crippen LogP contribution in [0.25, 0.3) is 0 Å². The Bertz CT molecular complexity index is 109. The Kier molecular flexibility index (Phi) is 6.34. The molecule has 0 heterocycles. The van der Waals surface area contributed by atoms with Crippen LogP contribution in [0.15, 0.2) is 0 Å². The number of ether oxygens (including phenoxy) is 2. The first-order valence-corrected chi connectivity index (χ1v) is 4.51. The molecule has 0 aromatic rings. The molecule has 0 aromatic heterocycles. The van der Waals surface area contributed by atoms with Crippen molar-refractivity contribution in [1.29, 1.82) is 0 Å². The van der Waals surface area contributed by atoms with Gasteiger partial charge in [0.25, 0.3) is 0 Å². The molecule has 0 aliphatic rings. The lowest BCUT2D eigenvalue weighted by Gasteiger charge is -2.27. The molecule has 0 amide bonds. The van der Waals surface area contributed by atoms with Crippen LogP contribution in [0.1, 0.15) is 26.7 Å². The van der Waals surface area contributed by atoms with Gasteiger partial charge in [-0.3, -0.25) is 0 Å². The van der Waals surface area contributed by atoms with E-state index in [9.17, 15) is 0 Å². The first kappa shape index (κ1) is 11.9. The summed E-state index contributed by atoms with van der Waals surface area (Å²) in [7, 11) is 1.71. The molecule has 0 fully saturated rings. The summed E-state index contributed by atoms with van der Waals surface area (Å²) in [5.41, 5.74) is 5.45. The Morgan fingerprint density at radius 1 is 1.42 bits per heavy atom. The molecule has 0 spiro atoms. The van der Waals surface area contributed by atoms with Gasteiger partial charge >= 0.3 is 0 Å². The molecule has 0 radical (unpaired) electrons. The Balaban J connectivity index is 3.63. The maximum atomic E-state index is 5.61. The van der Waals surface area contributed by atoms with Crippen LogP contribution >= 0.6 is 0 Å². The molecular formula is C9H21NO2. The summed E-state index contributed by atoms with van der Waals surface area (Å²) in [6.45, 7) is 6.12. The maximum Gasteiger partial charge on any atom is 0.0776 e. The predicted octanol–water partition coefficient (Wildman–Crippen LogP) is 1.17. The van der Waals surface area contributed by atoms with Crippen molar-refractivity contribution in [2.24, 2.45) is 5.73 Å². The van der Waals surface area contributed by atoms with Crippen molar-refractivity contribution in [3.63, 3.8) is 0 Å². The van der Waals surface area contributed by atoms with E-state index in [-0.39, 0.29) is 5.60 Å². The Hall–Kier alpha value is -0.120. The van der Waals surface area contributed by atoms with Crippen molar-refractivity contribution in [3.05, 3.63) is 0 Å². The third-order valence-corrected chi connectivity index (χ3v) is 1.98. The predicted molar refractivity (Wildman–Crippen MR) is 50.2 cm³/mol. The van der Waals surface area contributed by atoms with Gasteiger partial charge in [-0.2, -0.15) is 0 Å². The van der Waals surface area contributed by atoms with Gasteiger partial charge in [0.05, 0.1) is 5.60 Å². The van der Waals surface area contributed by atoms with Gasteiger partial charge in [0.15, 0.2) is 0 Å². The van der Waals surface area contributed by atoms with Gasteiger partial charge in [-0.1, -0.05) is 0 Å². The summed E-state index contributed by atoms with van der Waals surface area (Å²) in [6.07, 6.45) is 1.97. The summed E-state index contributed by atoms with van der Waals surface area (Å²) in [5, 5.41) is 0. The fraction of sp³-hybridized carbons (Fsp3) is 1.00. The summed E-state index contributed by atoms with van der Waals surface area (Å²) >= 11 is 0. The van der Waals surface area contributed by atoms with E-state index in [2.05, 4.69) is 0 Å². The highest BCUT2D eigenvalue weighted by molar-refractivity contribution is 4.75. The zero-order chi connectivity index (χ0) is 9.45. The molecule has 0 bridgehead atoms. The fourth-order valence-corrected chi connectivity index (χ4v) is 1.17. The van der Waals surface area contributed by atoms with Gasteiger partial charge < -0.3 is 15.2 Å². The van der Waals surface area contributed by atoms with E-state index in [0.29, 0.717) is 6.54 Å². The lowest BCUT2D eigenvalue weighted by atomic mass is 10.0. The highest BCUT2D eigenvalue weighted by Gasteiger charge is 2.21. The van der Waals surface area contributed by atoms with E-state index in [4.69, 9.17) is 15.2 Å². The SMILES string of the molecule is CCOC(C)(CN)CCCOC. The van der Waals surface area contributed by atoms with Crippen LogP contribution in [-0.2, 0) is 9.47 Å². The van der Waals surface area contributed by atoms with Crippen LogP contribution in [0.2, 0.25) is 0 Å². The van der Waals surface area contributed by atoms with Gasteiger partial charge in [0.1, 0.15) is 0 Å². The van der Waals surface area contributed by atoms with Crippen molar-refractivity contribution in [1.82, 2.24) is 0 Å². The molecule has 12 heavy (non-hydrogen) atoms. The quantitative estimate of drug-likeness (QED) is 0.591. The van der Waals surface area contributed by atoms with Crippen LogP contribution < -0.4 is 5.73 Å². The molecule has 74 valence electrons. The van der Waals surface area contributed by atoms with Crippen LogP contribution in [-0.4, -0.2) is 32.5 Å². The molecule has 3 heteroatoms. The van der Waals surface area contributed by atoms with Gasteiger partial charge in [0.2, 0.25) is 0 Å². The fourth-order valence-electron chi connectivity index (χ4n) is 1.17. The Morgan fingerprint density at radius 2 is 2.08 bits per heavy atom. The highest BCUT2D eigenvalue weighted by Crippen LogP contribution is 2.15. The molecule has 0 saturated carbocycles. The van der Waals surface area contributed by atoms with E-state index in [0.717, 1.165) is 26.1 Å². The molecule has 1 unspecified atom stereocenters. The lowest BCUT2D eigenvalue weighted by Crippen LogP contribution is -2.37. The first-order chi connectivity index (χ1) is 5.68. The lowest BCUT2D eigenvalue weighted by molar-refractivity contribution is -0.0284. The normalized spacial score (nSPS) is 16.0. The third kappa shape index (κ3) is 4.70. The van der Waals surface area contributed by atoms with Crippen LogP contribution in [0.5, 0.6) is 0 Å². The highest BCUT2D eigenvalue weighted by atomic mass is 16.5. The van der Waals surface area contributed by atoms with Crippen LogP contribution in [0.3, 0.4) is 0 Å². The van der Waals surface area contributed by atoms with E-state index in [1.807, 2.05) is 13.8 Å². The Labute approximate surface area is 75.2 Å². The topological polar surface area (TPSA) is 44.5 Å². The minimum absolute atomic E-state index is 0.159. The van der Waals surface area contributed by atoms with E-state index >= 15 is 0 Å². The summed E-state index contributed by atoms with van der Waals surface area (Å²) < 4.78 is 10.5. The van der Waals surface area contributed by atoms with Crippen LogP contribution in [0.4, 0.5) is 0 Å². The molecule has 2 N–H and O–H groups in total. The second-order valence-corrected chi connectivity index (χ2v) is 3.18. The zero-order valence-corrected chi connectivity index (χ0v) is 8.43. The van der Waals surface area contributed by atoms with Gasteiger partial charge in [-0.05, 0) is 26.7 Å². The van der Waals surface area contributed by atoms with E-state index in [1.54, 1.807) is 7.11 Å². The molecule has 0 rings (SSSR count). The summed E-state index contributed by atoms with van der Waals surface area (Å²) in [5.74, 6) is 0. The smallest absolute Gasteiger partial charge is 0.0776 e. The molecule has 0 aliphatic heterocycles. The number of hydrogen-bond donors (Lipinski definition) is 1. The molecule has 1 atom stereocenters. The third-order valence-electron chi connectivity index (χ3n) is 1.98. The van der Waals surface area contributed by atoms with Crippen molar-refractivity contribution >= 4 is 0 Å². The molecule has 0 aromatic carbocycles. The summed E-state index contributed by atoms with van der Waals surface area (Å²) in [6, 6.07) is 0. The molecule has 3 nitrogen and oxygen atoms in total. The van der Waals surface area contributed by atoms with Crippen molar-refractivity contribution in [2.75, 3.05) is 26.9 Å². The number of rotatable bonds is 7. The van der Waals surface area contributed by atoms with Crippen LogP contribution in [0, 0.1) is 0 Å². The van der Waals surface area contributed by atoms with E-state index in [1.165, 1.54) is 0 Å². The van der Waals surface area contributed by atoms with Crippen molar-refractivity contribution in [2.45, 2.75) is 32.3 Å².